The third kappa shape index (κ3) is 3.29. The minimum Gasteiger partial charge on any atom is -0.274 e. The number of hydrogen-bond donors (Lipinski definition) is 0. The van der Waals surface area contributed by atoms with E-state index in [4.69, 9.17) is 0 Å². The van der Waals surface area contributed by atoms with E-state index in [9.17, 15) is 0 Å². The smallest absolute Gasteiger partial charge is 0.169 e. The predicted molar refractivity (Wildman–Crippen MR) is 149 cm³/mol. The van der Waals surface area contributed by atoms with Crippen molar-refractivity contribution >= 4 is 27.3 Å². The lowest BCUT2D eigenvalue weighted by atomic mass is 9.96. The zero-order valence-electron chi connectivity index (χ0n) is 19.9. The zero-order chi connectivity index (χ0) is 24.1. The van der Waals surface area contributed by atoms with Crippen molar-refractivity contribution in [2.75, 3.05) is 0 Å². The monoisotopic (exact) mass is 461 g/mol. The van der Waals surface area contributed by atoms with Gasteiger partial charge in [-0.25, -0.2) is 0 Å². The van der Waals surface area contributed by atoms with Crippen LogP contribution in [0.3, 0.4) is 0 Å². The molecule has 7 rings (SSSR count). The van der Waals surface area contributed by atoms with Crippen LogP contribution < -0.4 is 0 Å². The minimum absolute atomic E-state index is 0.861. The maximum absolute atomic E-state index is 4.63. The van der Waals surface area contributed by atoms with Gasteiger partial charge in [-0.2, -0.15) is 0 Å². The molecule has 7 aromatic rings. The third-order valence-corrected chi connectivity index (χ3v) is 6.97. The van der Waals surface area contributed by atoms with E-state index in [0.29, 0.717) is 0 Å². The van der Waals surface area contributed by atoms with Crippen molar-refractivity contribution in [3.63, 3.8) is 0 Å². The van der Waals surface area contributed by atoms with Gasteiger partial charge in [-0.3, -0.25) is 4.40 Å². The highest BCUT2D eigenvalue weighted by Crippen LogP contribution is 2.35. The molecule has 0 saturated heterocycles. The zero-order valence-corrected chi connectivity index (χ0v) is 19.9. The highest BCUT2D eigenvalue weighted by Gasteiger charge is 2.16. The van der Waals surface area contributed by atoms with Crippen molar-refractivity contribution in [3.8, 4) is 33.6 Å². The molecule has 36 heavy (non-hydrogen) atoms. The number of fused-ring (bicyclic) bond motifs is 6. The largest absolute Gasteiger partial charge is 0.274 e. The predicted octanol–water partition coefficient (Wildman–Crippen LogP) is 8.35. The summed E-state index contributed by atoms with van der Waals surface area (Å²) in [6, 6.07) is 43.0. The van der Waals surface area contributed by atoms with Crippen LogP contribution in [0.4, 0.5) is 0 Å². The first-order chi connectivity index (χ1) is 17.8. The van der Waals surface area contributed by atoms with E-state index in [2.05, 4.69) is 143 Å². The molecule has 0 radical (unpaired) electrons. The Balaban J connectivity index is 1.49. The van der Waals surface area contributed by atoms with Crippen LogP contribution in [0.1, 0.15) is 5.56 Å². The Hall–Kier alpha value is -4.76. The highest BCUT2D eigenvalue weighted by atomic mass is 15.2. The summed E-state index contributed by atoms with van der Waals surface area (Å²) in [7, 11) is 0. The molecule has 2 aromatic heterocycles. The molecule has 0 saturated carbocycles. The van der Waals surface area contributed by atoms with Gasteiger partial charge in [0.2, 0.25) is 0 Å². The maximum Gasteiger partial charge on any atom is 0.169 e. The van der Waals surface area contributed by atoms with Crippen molar-refractivity contribution in [1.29, 1.82) is 0 Å². The molecular formula is C33H23N3. The van der Waals surface area contributed by atoms with E-state index in [1.54, 1.807) is 0 Å². The van der Waals surface area contributed by atoms with E-state index >= 15 is 0 Å². The molecule has 0 unspecified atom stereocenters. The second-order valence-corrected chi connectivity index (χ2v) is 9.27. The first kappa shape index (κ1) is 20.6. The summed E-state index contributed by atoms with van der Waals surface area (Å²) in [5, 5.41) is 12.7. The number of pyridine rings is 1. The molecule has 0 bridgehead atoms. The normalized spacial score (nSPS) is 11.5. The van der Waals surface area contributed by atoms with Gasteiger partial charge in [0.1, 0.15) is 0 Å². The number of nitrogens with zero attached hydrogens (tertiary/aromatic N) is 3. The topological polar surface area (TPSA) is 30.2 Å². The Morgan fingerprint density at radius 3 is 1.92 bits per heavy atom. The molecule has 3 heteroatoms. The standard InChI is InChI=1S/C33H23N3/c1-22-14-16-24(17-15-22)32-34-35-33-29-13-6-5-12-28(29)30-21-27(18-19-31(30)36(32)33)26-11-7-10-25(20-26)23-8-3-2-4-9-23/h2-21H,1H3. The second-order valence-electron chi connectivity index (χ2n) is 9.27. The summed E-state index contributed by atoms with van der Waals surface area (Å²) in [6.07, 6.45) is 0. The lowest BCUT2D eigenvalue weighted by Crippen LogP contribution is -1.95. The molecule has 0 aliphatic rings. The van der Waals surface area contributed by atoms with Gasteiger partial charge in [-0.05, 0) is 52.8 Å². The van der Waals surface area contributed by atoms with E-state index in [0.717, 1.165) is 27.9 Å². The van der Waals surface area contributed by atoms with Gasteiger partial charge in [-0.1, -0.05) is 109 Å². The van der Waals surface area contributed by atoms with Gasteiger partial charge in [-0.15, -0.1) is 10.2 Å². The first-order valence-corrected chi connectivity index (χ1v) is 12.2. The lowest BCUT2D eigenvalue weighted by Gasteiger charge is -2.12. The van der Waals surface area contributed by atoms with Crippen molar-refractivity contribution in [1.82, 2.24) is 14.6 Å². The van der Waals surface area contributed by atoms with Gasteiger partial charge < -0.3 is 0 Å². The fourth-order valence-corrected chi connectivity index (χ4v) is 5.12. The van der Waals surface area contributed by atoms with Crippen LogP contribution in [0, 0.1) is 6.92 Å². The number of aryl methyl sites for hydroxylation is 1. The van der Waals surface area contributed by atoms with Gasteiger partial charge >= 0.3 is 0 Å². The minimum atomic E-state index is 0.861. The molecule has 0 N–H and O–H groups in total. The quantitative estimate of drug-likeness (QED) is 0.248. The number of rotatable bonds is 3. The Labute approximate surface area is 209 Å². The molecule has 0 amide bonds. The molecule has 0 spiro atoms. The van der Waals surface area contributed by atoms with Gasteiger partial charge in [0.25, 0.3) is 0 Å². The molecule has 2 heterocycles. The Morgan fingerprint density at radius 1 is 0.472 bits per heavy atom. The molecule has 5 aromatic carbocycles. The summed E-state index contributed by atoms with van der Waals surface area (Å²) in [5.74, 6) is 0.861. The van der Waals surface area contributed by atoms with Crippen LogP contribution in [-0.2, 0) is 0 Å². The summed E-state index contributed by atoms with van der Waals surface area (Å²) >= 11 is 0. The van der Waals surface area contributed by atoms with E-state index in [1.165, 1.54) is 38.6 Å². The molecule has 170 valence electrons. The highest BCUT2D eigenvalue weighted by molar-refractivity contribution is 6.13. The fourth-order valence-electron chi connectivity index (χ4n) is 5.12. The third-order valence-electron chi connectivity index (χ3n) is 6.97. The van der Waals surface area contributed by atoms with Crippen molar-refractivity contribution < 1.29 is 0 Å². The van der Waals surface area contributed by atoms with Crippen LogP contribution in [0.2, 0.25) is 0 Å². The number of hydrogen-bond acceptors (Lipinski definition) is 2. The van der Waals surface area contributed by atoms with Gasteiger partial charge in [0, 0.05) is 16.3 Å². The SMILES string of the molecule is Cc1ccc(-c2nnc3c4ccccc4c4cc(-c5cccc(-c6ccccc6)c5)ccc4n23)cc1. The summed E-state index contributed by atoms with van der Waals surface area (Å²) < 4.78 is 2.20. The van der Waals surface area contributed by atoms with Gasteiger partial charge in [0.05, 0.1) is 5.52 Å². The molecule has 3 nitrogen and oxygen atoms in total. The second kappa shape index (κ2) is 8.17. The average Bonchev–Trinajstić information content (AvgIpc) is 3.40. The van der Waals surface area contributed by atoms with Crippen LogP contribution in [0.5, 0.6) is 0 Å². The van der Waals surface area contributed by atoms with Crippen molar-refractivity contribution in [2.24, 2.45) is 0 Å². The number of benzene rings is 5. The lowest BCUT2D eigenvalue weighted by molar-refractivity contribution is 1.12. The summed E-state index contributed by atoms with van der Waals surface area (Å²) in [5.41, 5.74) is 9.10. The van der Waals surface area contributed by atoms with Crippen molar-refractivity contribution in [2.45, 2.75) is 6.92 Å². The van der Waals surface area contributed by atoms with E-state index in [1.807, 2.05) is 0 Å². The van der Waals surface area contributed by atoms with Gasteiger partial charge in [0.15, 0.2) is 11.5 Å². The first-order valence-electron chi connectivity index (χ1n) is 12.2. The Kier molecular flexibility index (Phi) is 4.68. The maximum atomic E-state index is 4.63. The molecular weight excluding hydrogens is 438 g/mol. The summed E-state index contributed by atoms with van der Waals surface area (Å²) in [4.78, 5) is 0. The Morgan fingerprint density at radius 2 is 1.11 bits per heavy atom. The van der Waals surface area contributed by atoms with Crippen LogP contribution >= 0.6 is 0 Å². The molecule has 0 atom stereocenters. The fraction of sp³-hybridized carbons (Fsp3) is 0.0303. The van der Waals surface area contributed by atoms with E-state index in [-0.39, 0.29) is 0 Å². The molecule has 0 fully saturated rings. The molecule has 0 aliphatic carbocycles. The van der Waals surface area contributed by atoms with Crippen LogP contribution in [0.25, 0.3) is 61.0 Å². The van der Waals surface area contributed by atoms with Crippen molar-refractivity contribution in [3.05, 3.63) is 127 Å². The van der Waals surface area contributed by atoms with E-state index < -0.39 is 0 Å². The average molecular weight is 462 g/mol. The number of aromatic nitrogens is 3. The molecule has 0 aliphatic heterocycles. The Bertz CT molecular complexity index is 1880. The van der Waals surface area contributed by atoms with Crippen LogP contribution in [-0.4, -0.2) is 14.6 Å². The summed E-state index contributed by atoms with van der Waals surface area (Å²) in [6.45, 7) is 2.10. The van der Waals surface area contributed by atoms with Crippen LogP contribution in [0.15, 0.2) is 121 Å².